The summed E-state index contributed by atoms with van der Waals surface area (Å²) in [5.41, 5.74) is 2.55. The first-order chi connectivity index (χ1) is 9.56. The number of rotatable bonds is 4. The van der Waals surface area contributed by atoms with Crippen LogP contribution in [0.5, 0.6) is 0 Å². The van der Waals surface area contributed by atoms with Crippen molar-refractivity contribution in [3.63, 3.8) is 0 Å². The van der Waals surface area contributed by atoms with Gasteiger partial charge < -0.3 is 5.32 Å². The van der Waals surface area contributed by atoms with Crippen molar-refractivity contribution in [2.45, 2.75) is 6.92 Å². The van der Waals surface area contributed by atoms with Gasteiger partial charge in [0, 0.05) is 23.5 Å². The largest absolute Gasteiger partial charge is 0.362 e. The van der Waals surface area contributed by atoms with Gasteiger partial charge in [0.1, 0.15) is 0 Å². The number of benzene rings is 2. The first kappa shape index (κ1) is 14.6. The molecule has 0 radical (unpaired) electrons. The van der Waals surface area contributed by atoms with E-state index >= 15 is 0 Å². The number of allylic oxidation sites excluding steroid dienone is 1. The quantitative estimate of drug-likeness (QED) is 0.628. The van der Waals surface area contributed by atoms with E-state index in [1.54, 1.807) is 36.5 Å². The van der Waals surface area contributed by atoms with Crippen LogP contribution in [-0.4, -0.2) is 5.78 Å². The molecule has 1 N–H and O–H groups in total. The number of carbonyl (C=O) groups excluding carboxylic acids is 1. The second-order valence-electron chi connectivity index (χ2n) is 4.34. The van der Waals surface area contributed by atoms with E-state index in [0.29, 0.717) is 15.6 Å². The van der Waals surface area contributed by atoms with E-state index in [2.05, 4.69) is 5.32 Å². The third-order valence-electron chi connectivity index (χ3n) is 2.74. The van der Waals surface area contributed by atoms with Crippen LogP contribution in [-0.2, 0) is 0 Å². The molecule has 0 aliphatic heterocycles. The van der Waals surface area contributed by atoms with Gasteiger partial charge in [0.2, 0.25) is 0 Å². The van der Waals surface area contributed by atoms with Gasteiger partial charge in [-0.25, -0.2) is 0 Å². The van der Waals surface area contributed by atoms with Crippen molar-refractivity contribution in [1.29, 1.82) is 0 Å². The summed E-state index contributed by atoms with van der Waals surface area (Å²) < 4.78 is 0. The molecule has 2 aromatic carbocycles. The number of ketones is 1. The highest BCUT2D eigenvalue weighted by Gasteiger charge is 2.01. The summed E-state index contributed by atoms with van der Waals surface area (Å²) in [7, 11) is 0. The minimum absolute atomic E-state index is 0.0578. The van der Waals surface area contributed by atoms with Gasteiger partial charge >= 0.3 is 0 Å². The van der Waals surface area contributed by atoms with Gasteiger partial charge in [0.15, 0.2) is 5.78 Å². The molecule has 0 unspecified atom stereocenters. The SMILES string of the molecule is Cc1ccc(C(=O)/C=C/Nc2ccc(Cl)c(Cl)c2)cc1. The van der Waals surface area contributed by atoms with Crippen molar-refractivity contribution in [2.75, 3.05) is 5.32 Å². The number of carbonyl (C=O) groups is 1. The molecule has 102 valence electrons. The second-order valence-corrected chi connectivity index (χ2v) is 5.15. The average molecular weight is 306 g/mol. The molecule has 0 aliphatic carbocycles. The fourth-order valence-corrected chi connectivity index (χ4v) is 1.91. The number of nitrogens with one attached hydrogen (secondary N) is 1. The molecule has 0 aromatic heterocycles. The summed E-state index contributed by atoms with van der Waals surface area (Å²) in [6, 6.07) is 12.6. The second kappa shape index (κ2) is 6.60. The molecule has 4 heteroatoms. The average Bonchev–Trinajstić information content (AvgIpc) is 2.43. The fraction of sp³-hybridized carbons (Fsp3) is 0.0625. The van der Waals surface area contributed by atoms with Crippen molar-refractivity contribution >= 4 is 34.7 Å². The molecule has 0 saturated carbocycles. The normalized spacial score (nSPS) is 10.8. The molecule has 20 heavy (non-hydrogen) atoms. The topological polar surface area (TPSA) is 29.1 Å². The van der Waals surface area contributed by atoms with Crippen molar-refractivity contribution in [2.24, 2.45) is 0 Å². The maximum Gasteiger partial charge on any atom is 0.187 e. The molecular formula is C16H13Cl2NO. The molecule has 2 rings (SSSR count). The lowest BCUT2D eigenvalue weighted by Crippen LogP contribution is -1.96. The van der Waals surface area contributed by atoms with Gasteiger partial charge in [-0.15, -0.1) is 0 Å². The zero-order valence-corrected chi connectivity index (χ0v) is 12.4. The highest BCUT2D eigenvalue weighted by molar-refractivity contribution is 6.42. The fourth-order valence-electron chi connectivity index (χ4n) is 1.61. The van der Waals surface area contributed by atoms with Crippen molar-refractivity contribution in [3.05, 3.63) is 75.9 Å². The van der Waals surface area contributed by atoms with Crippen LogP contribution in [0.4, 0.5) is 5.69 Å². The molecule has 2 aromatic rings. The highest BCUT2D eigenvalue weighted by Crippen LogP contribution is 2.24. The number of hydrogen-bond acceptors (Lipinski definition) is 2. The smallest absolute Gasteiger partial charge is 0.187 e. The predicted molar refractivity (Wildman–Crippen MR) is 84.7 cm³/mol. The molecular weight excluding hydrogens is 293 g/mol. The standard InChI is InChI=1S/C16H13Cl2NO/c1-11-2-4-12(5-3-11)16(20)8-9-19-13-6-7-14(17)15(18)10-13/h2-10,19H,1H3/b9-8+. The van der Waals surface area contributed by atoms with Crippen LogP contribution in [0.25, 0.3) is 0 Å². The Balaban J connectivity index is 2.00. The highest BCUT2D eigenvalue weighted by atomic mass is 35.5. The van der Waals surface area contributed by atoms with Crippen LogP contribution in [0.15, 0.2) is 54.7 Å². The number of aryl methyl sites for hydroxylation is 1. The van der Waals surface area contributed by atoms with Gasteiger partial charge in [0.05, 0.1) is 10.0 Å². The number of halogens is 2. The molecule has 0 atom stereocenters. The molecule has 2 nitrogen and oxygen atoms in total. The maximum absolute atomic E-state index is 11.9. The lowest BCUT2D eigenvalue weighted by Gasteiger charge is -2.02. The molecule has 0 fully saturated rings. The van der Waals surface area contributed by atoms with E-state index in [9.17, 15) is 4.79 Å². The Morgan fingerprint density at radius 3 is 2.40 bits per heavy atom. The zero-order valence-electron chi connectivity index (χ0n) is 10.9. The van der Waals surface area contributed by atoms with Crippen LogP contribution in [0.1, 0.15) is 15.9 Å². The van der Waals surface area contributed by atoms with E-state index in [4.69, 9.17) is 23.2 Å². The molecule has 0 heterocycles. The van der Waals surface area contributed by atoms with E-state index in [1.165, 1.54) is 6.08 Å². The maximum atomic E-state index is 11.9. The minimum Gasteiger partial charge on any atom is -0.362 e. The van der Waals surface area contributed by atoms with Crippen molar-refractivity contribution in [1.82, 2.24) is 0 Å². The van der Waals surface area contributed by atoms with Crippen LogP contribution in [0.3, 0.4) is 0 Å². The Morgan fingerprint density at radius 1 is 1.05 bits per heavy atom. The molecule has 0 amide bonds. The Labute approximate surface area is 128 Å². The van der Waals surface area contributed by atoms with E-state index in [1.807, 2.05) is 19.1 Å². The van der Waals surface area contributed by atoms with E-state index < -0.39 is 0 Å². The Kier molecular flexibility index (Phi) is 4.83. The Hall–Kier alpha value is -1.77. The predicted octanol–water partition coefficient (Wildman–Crippen LogP) is 5.11. The summed E-state index contributed by atoms with van der Waals surface area (Å²) in [5, 5.41) is 3.94. The molecule has 0 spiro atoms. The van der Waals surface area contributed by atoms with E-state index in [-0.39, 0.29) is 5.78 Å². The van der Waals surface area contributed by atoms with Crippen LogP contribution >= 0.6 is 23.2 Å². The number of anilines is 1. The summed E-state index contributed by atoms with van der Waals surface area (Å²) in [4.78, 5) is 11.9. The molecule has 0 bridgehead atoms. The van der Waals surface area contributed by atoms with Crippen LogP contribution in [0.2, 0.25) is 10.0 Å². The third kappa shape index (κ3) is 3.86. The van der Waals surface area contributed by atoms with Crippen molar-refractivity contribution < 1.29 is 4.79 Å². The Bertz CT molecular complexity index is 648. The van der Waals surface area contributed by atoms with Crippen LogP contribution < -0.4 is 5.32 Å². The van der Waals surface area contributed by atoms with Crippen molar-refractivity contribution in [3.8, 4) is 0 Å². The molecule has 0 saturated heterocycles. The first-order valence-electron chi connectivity index (χ1n) is 6.05. The molecule has 0 aliphatic rings. The van der Waals surface area contributed by atoms with E-state index in [0.717, 1.165) is 11.3 Å². The summed E-state index contributed by atoms with van der Waals surface area (Å²) in [5.74, 6) is -0.0578. The van der Waals surface area contributed by atoms with Gasteiger partial charge in [-0.3, -0.25) is 4.79 Å². The minimum atomic E-state index is -0.0578. The zero-order chi connectivity index (χ0) is 14.5. The monoisotopic (exact) mass is 305 g/mol. The van der Waals surface area contributed by atoms with Gasteiger partial charge in [-0.05, 0) is 25.1 Å². The summed E-state index contributed by atoms with van der Waals surface area (Å²) >= 11 is 11.7. The lowest BCUT2D eigenvalue weighted by molar-refractivity contribution is 0.104. The third-order valence-corrected chi connectivity index (χ3v) is 3.48. The summed E-state index contributed by atoms with van der Waals surface area (Å²) in [6.45, 7) is 1.98. The van der Waals surface area contributed by atoms with Gasteiger partial charge in [-0.2, -0.15) is 0 Å². The van der Waals surface area contributed by atoms with Gasteiger partial charge in [-0.1, -0.05) is 53.0 Å². The summed E-state index contributed by atoms with van der Waals surface area (Å²) in [6.07, 6.45) is 3.06. The van der Waals surface area contributed by atoms with Crippen LogP contribution in [0, 0.1) is 6.92 Å². The number of hydrogen-bond donors (Lipinski definition) is 1. The Morgan fingerprint density at radius 2 is 1.75 bits per heavy atom. The first-order valence-corrected chi connectivity index (χ1v) is 6.81. The lowest BCUT2D eigenvalue weighted by atomic mass is 10.1. The van der Waals surface area contributed by atoms with Gasteiger partial charge in [0.25, 0.3) is 0 Å².